The van der Waals surface area contributed by atoms with Gasteiger partial charge in [-0.15, -0.1) is 0 Å². The zero-order chi connectivity index (χ0) is 13.8. The molecular formula is C16H12Cl2O. The molecule has 0 saturated carbocycles. The number of halogens is 2. The largest absolute Gasteiger partial charge is 0.289 e. The van der Waals surface area contributed by atoms with Gasteiger partial charge in [-0.05, 0) is 30.2 Å². The molecule has 0 aliphatic rings. The molecule has 1 nitrogen and oxygen atoms in total. The lowest BCUT2D eigenvalue weighted by molar-refractivity contribution is 0.104. The Balaban J connectivity index is 2.34. The fourth-order valence-electron chi connectivity index (χ4n) is 1.77. The lowest BCUT2D eigenvalue weighted by atomic mass is 10.1. The number of hydrogen-bond donors (Lipinski definition) is 0. The smallest absolute Gasteiger partial charge is 0.188 e. The SMILES string of the molecule is Cc1ccccc1/C(Cl)=C/C(=O)c1ccccc1Cl. The van der Waals surface area contributed by atoms with Crippen LogP contribution in [0.15, 0.2) is 54.6 Å². The molecule has 2 aromatic rings. The minimum absolute atomic E-state index is 0.196. The summed E-state index contributed by atoms with van der Waals surface area (Å²) in [4.78, 5) is 12.1. The summed E-state index contributed by atoms with van der Waals surface area (Å²) in [5, 5.41) is 0.848. The van der Waals surface area contributed by atoms with Crippen LogP contribution >= 0.6 is 23.2 Å². The standard InChI is InChI=1S/C16H12Cl2O/c1-11-6-2-3-7-12(11)15(18)10-16(19)13-8-4-5-9-14(13)17/h2-10H,1H3/b15-10-. The van der Waals surface area contributed by atoms with Crippen molar-refractivity contribution in [3.8, 4) is 0 Å². The normalized spacial score (nSPS) is 11.4. The molecule has 19 heavy (non-hydrogen) atoms. The number of allylic oxidation sites excluding steroid dienone is 1. The average Bonchev–Trinajstić information content (AvgIpc) is 2.39. The molecule has 96 valence electrons. The highest BCUT2D eigenvalue weighted by Gasteiger charge is 2.09. The number of aryl methyl sites for hydroxylation is 1. The van der Waals surface area contributed by atoms with E-state index in [1.807, 2.05) is 31.2 Å². The van der Waals surface area contributed by atoms with Crippen LogP contribution in [0.2, 0.25) is 5.02 Å². The van der Waals surface area contributed by atoms with E-state index in [0.717, 1.165) is 11.1 Å². The third kappa shape index (κ3) is 3.25. The topological polar surface area (TPSA) is 17.1 Å². The summed E-state index contributed by atoms with van der Waals surface area (Å²) in [6, 6.07) is 14.6. The van der Waals surface area contributed by atoms with Gasteiger partial charge in [-0.1, -0.05) is 59.6 Å². The predicted molar refractivity (Wildman–Crippen MR) is 80.8 cm³/mol. The van der Waals surface area contributed by atoms with Gasteiger partial charge >= 0.3 is 0 Å². The predicted octanol–water partition coefficient (Wildman–Crippen LogP) is 5.11. The van der Waals surface area contributed by atoms with Gasteiger partial charge in [0.15, 0.2) is 5.78 Å². The molecule has 0 saturated heterocycles. The molecule has 0 atom stereocenters. The summed E-state index contributed by atoms with van der Waals surface area (Å²) in [6.07, 6.45) is 1.41. The highest BCUT2D eigenvalue weighted by molar-refractivity contribution is 6.51. The molecule has 0 bridgehead atoms. The number of rotatable bonds is 3. The molecule has 0 unspecified atom stereocenters. The Hall–Kier alpha value is -1.57. The van der Waals surface area contributed by atoms with Crippen LogP contribution in [0, 0.1) is 6.92 Å². The lowest BCUT2D eigenvalue weighted by Crippen LogP contribution is -1.96. The van der Waals surface area contributed by atoms with Crippen LogP contribution in [-0.2, 0) is 0 Å². The number of carbonyl (C=O) groups excluding carboxylic acids is 1. The van der Waals surface area contributed by atoms with E-state index in [1.165, 1.54) is 6.08 Å². The highest BCUT2D eigenvalue weighted by Crippen LogP contribution is 2.24. The molecule has 0 radical (unpaired) electrons. The molecule has 0 N–H and O–H groups in total. The van der Waals surface area contributed by atoms with Gasteiger partial charge in [-0.2, -0.15) is 0 Å². The first-order valence-corrected chi connectivity index (χ1v) is 6.57. The van der Waals surface area contributed by atoms with Crippen LogP contribution < -0.4 is 0 Å². The molecule has 0 aromatic heterocycles. The molecule has 2 rings (SSSR count). The number of carbonyl (C=O) groups is 1. The van der Waals surface area contributed by atoms with E-state index in [1.54, 1.807) is 24.3 Å². The molecular weight excluding hydrogens is 279 g/mol. The Morgan fingerprint density at radius 3 is 2.21 bits per heavy atom. The number of ketones is 1. The lowest BCUT2D eigenvalue weighted by Gasteiger charge is -2.04. The van der Waals surface area contributed by atoms with E-state index >= 15 is 0 Å². The summed E-state index contributed by atoms with van der Waals surface area (Å²) < 4.78 is 0. The molecule has 0 aliphatic carbocycles. The van der Waals surface area contributed by atoms with Crippen molar-refractivity contribution < 1.29 is 4.79 Å². The van der Waals surface area contributed by atoms with Gasteiger partial charge in [0.1, 0.15) is 0 Å². The fourth-order valence-corrected chi connectivity index (χ4v) is 2.31. The van der Waals surface area contributed by atoms with Gasteiger partial charge in [-0.25, -0.2) is 0 Å². The Morgan fingerprint density at radius 1 is 1.00 bits per heavy atom. The van der Waals surface area contributed by atoms with E-state index in [2.05, 4.69) is 0 Å². The molecule has 0 heterocycles. The zero-order valence-electron chi connectivity index (χ0n) is 10.4. The van der Waals surface area contributed by atoms with Gasteiger partial charge in [0.2, 0.25) is 0 Å². The molecule has 3 heteroatoms. The molecule has 0 fully saturated rings. The Bertz CT molecular complexity index is 645. The minimum atomic E-state index is -0.196. The van der Waals surface area contributed by atoms with Crippen molar-refractivity contribution in [3.05, 3.63) is 76.3 Å². The monoisotopic (exact) mass is 290 g/mol. The van der Waals surface area contributed by atoms with Gasteiger partial charge < -0.3 is 0 Å². The number of hydrogen-bond acceptors (Lipinski definition) is 1. The third-order valence-corrected chi connectivity index (χ3v) is 3.44. The maximum Gasteiger partial charge on any atom is 0.188 e. The van der Waals surface area contributed by atoms with Gasteiger partial charge in [0.25, 0.3) is 0 Å². The summed E-state index contributed by atoms with van der Waals surface area (Å²) >= 11 is 12.2. The highest BCUT2D eigenvalue weighted by atomic mass is 35.5. The molecule has 0 amide bonds. The second-order valence-corrected chi connectivity index (χ2v) is 4.97. The first-order chi connectivity index (χ1) is 9.09. The van der Waals surface area contributed by atoms with E-state index in [0.29, 0.717) is 15.6 Å². The Kier molecular flexibility index (Phi) is 4.41. The second-order valence-electron chi connectivity index (χ2n) is 4.15. The van der Waals surface area contributed by atoms with Crippen LogP contribution in [-0.4, -0.2) is 5.78 Å². The van der Waals surface area contributed by atoms with Crippen LogP contribution in [0.3, 0.4) is 0 Å². The summed E-state index contributed by atoms with van der Waals surface area (Å²) in [6.45, 7) is 1.95. The van der Waals surface area contributed by atoms with Crippen molar-refractivity contribution in [2.24, 2.45) is 0 Å². The van der Waals surface area contributed by atoms with E-state index in [9.17, 15) is 4.79 Å². The molecule has 0 aliphatic heterocycles. The fraction of sp³-hybridized carbons (Fsp3) is 0.0625. The molecule has 0 spiro atoms. The Morgan fingerprint density at radius 2 is 1.58 bits per heavy atom. The van der Waals surface area contributed by atoms with Crippen molar-refractivity contribution in [2.75, 3.05) is 0 Å². The quantitative estimate of drug-likeness (QED) is 0.567. The van der Waals surface area contributed by atoms with Crippen LogP contribution in [0.4, 0.5) is 0 Å². The molecule has 2 aromatic carbocycles. The Labute approximate surface area is 122 Å². The zero-order valence-corrected chi connectivity index (χ0v) is 11.9. The van der Waals surface area contributed by atoms with Crippen molar-refractivity contribution in [2.45, 2.75) is 6.92 Å². The van der Waals surface area contributed by atoms with Crippen LogP contribution in [0.25, 0.3) is 5.03 Å². The maximum atomic E-state index is 12.1. The van der Waals surface area contributed by atoms with E-state index in [-0.39, 0.29) is 5.78 Å². The van der Waals surface area contributed by atoms with Crippen molar-refractivity contribution in [1.29, 1.82) is 0 Å². The van der Waals surface area contributed by atoms with Crippen LogP contribution in [0.5, 0.6) is 0 Å². The van der Waals surface area contributed by atoms with Gasteiger partial charge in [0, 0.05) is 11.6 Å². The second kappa shape index (κ2) is 6.05. The van der Waals surface area contributed by atoms with E-state index in [4.69, 9.17) is 23.2 Å². The van der Waals surface area contributed by atoms with Gasteiger partial charge in [-0.3, -0.25) is 4.79 Å². The van der Waals surface area contributed by atoms with E-state index < -0.39 is 0 Å². The van der Waals surface area contributed by atoms with Crippen molar-refractivity contribution >= 4 is 34.0 Å². The summed E-state index contributed by atoms with van der Waals surface area (Å²) in [7, 11) is 0. The van der Waals surface area contributed by atoms with Crippen LogP contribution in [0.1, 0.15) is 21.5 Å². The van der Waals surface area contributed by atoms with Crippen molar-refractivity contribution in [3.63, 3.8) is 0 Å². The first kappa shape index (κ1) is 13.9. The summed E-state index contributed by atoms with van der Waals surface area (Å²) in [5.74, 6) is -0.196. The van der Waals surface area contributed by atoms with Gasteiger partial charge in [0.05, 0.1) is 10.1 Å². The minimum Gasteiger partial charge on any atom is -0.289 e. The summed E-state index contributed by atoms with van der Waals surface area (Å²) in [5.41, 5.74) is 2.33. The first-order valence-electron chi connectivity index (χ1n) is 5.81. The number of benzene rings is 2. The third-order valence-electron chi connectivity index (χ3n) is 2.80. The van der Waals surface area contributed by atoms with Crippen molar-refractivity contribution in [1.82, 2.24) is 0 Å². The average molecular weight is 291 g/mol. The maximum absolute atomic E-state index is 12.1.